The van der Waals surface area contributed by atoms with Crippen molar-refractivity contribution in [1.29, 1.82) is 5.26 Å². The van der Waals surface area contributed by atoms with E-state index in [1.54, 1.807) is 24.5 Å². The fraction of sp³-hybridized carbons (Fsp3) is 0.190. The van der Waals surface area contributed by atoms with Crippen LogP contribution in [-0.2, 0) is 6.61 Å². The molecule has 0 amide bonds. The van der Waals surface area contributed by atoms with Gasteiger partial charge in [0.15, 0.2) is 16.7 Å². The number of aromatic amines is 1. The molecule has 2 aromatic carbocycles. The third-order valence-corrected chi connectivity index (χ3v) is 5.08. The maximum atomic E-state index is 12.2. The Labute approximate surface area is 181 Å². The third kappa shape index (κ3) is 5.00. The minimum absolute atomic E-state index is 0.0342. The number of nitriles is 1. The zero-order chi connectivity index (χ0) is 20.8. The highest BCUT2D eigenvalue weighted by atomic mass is 79.9. The highest BCUT2D eigenvalue weighted by Crippen LogP contribution is 2.34. The number of rotatable bonds is 7. The number of thioether (sulfide) groups is 1. The standard InChI is InChI=1S/C21H18BrN3O3S/c1-3-27-18-10-14(19-16(11-23)20(26)25-21(24-19)29-2)7-8-17(18)28-12-13-5-4-6-15(22)9-13/h4-10H,3,12H2,1-2H3,(H,24,25,26). The molecule has 3 rings (SSSR count). The van der Waals surface area contributed by atoms with Gasteiger partial charge < -0.3 is 14.5 Å². The zero-order valence-corrected chi connectivity index (χ0v) is 18.3. The Hall–Kier alpha value is -2.76. The van der Waals surface area contributed by atoms with Crippen LogP contribution in [0.3, 0.4) is 0 Å². The monoisotopic (exact) mass is 471 g/mol. The van der Waals surface area contributed by atoms with Crippen LogP contribution in [0.1, 0.15) is 18.1 Å². The van der Waals surface area contributed by atoms with Crippen LogP contribution in [0.15, 0.2) is 56.9 Å². The van der Waals surface area contributed by atoms with Gasteiger partial charge in [0.1, 0.15) is 18.2 Å². The molecule has 1 aromatic heterocycles. The van der Waals surface area contributed by atoms with Crippen molar-refractivity contribution in [3.8, 4) is 28.8 Å². The van der Waals surface area contributed by atoms with Gasteiger partial charge in [0.2, 0.25) is 0 Å². The molecule has 0 spiro atoms. The first kappa shape index (κ1) is 21.0. The van der Waals surface area contributed by atoms with E-state index in [-0.39, 0.29) is 5.56 Å². The smallest absolute Gasteiger partial charge is 0.270 e. The minimum atomic E-state index is -0.463. The number of hydrogen-bond acceptors (Lipinski definition) is 6. The molecule has 29 heavy (non-hydrogen) atoms. The van der Waals surface area contributed by atoms with E-state index >= 15 is 0 Å². The second kappa shape index (κ2) is 9.63. The van der Waals surface area contributed by atoms with Gasteiger partial charge >= 0.3 is 0 Å². The number of ether oxygens (including phenoxy) is 2. The van der Waals surface area contributed by atoms with Gasteiger partial charge in [0.05, 0.1) is 12.3 Å². The number of hydrogen-bond donors (Lipinski definition) is 1. The van der Waals surface area contributed by atoms with Crippen LogP contribution in [0.4, 0.5) is 0 Å². The van der Waals surface area contributed by atoms with Crippen LogP contribution < -0.4 is 15.0 Å². The zero-order valence-electron chi connectivity index (χ0n) is 15.9. The molecule has 0 radical (unpaired) electrons. The molecule has 3 aromatic rings. The molecule has 6 nitrogen and oxygen atoms in total. The van der Waals surface area contributed by atoms with Gasteiger partial charge in [-0.15, -0.1) is 0 Å². The van der Waals surface area contributed by atoms with Gasteiger partial charge in [0.25, 0.3) is 5.56 Å². The summed E-state index contributed by atoms with van der Waals surface area (Å²) in [6, 6.07) is 15.1. The van der Waals surface area contributed by atoms with Crippen molar-refractivity contribution >= 4 is 27.7 Å². The highest BCUT2D eigenvalue weighted by molar-refractivity contribution is 9.10. The molecule has 8 heteroatoms. The SMILES string of the molecule is CCOc1cc(-c2nc(SC)[nH]c(=O)c2C#N)ccc1OCc1cccc(Br)c1. The van der Waals surface area contributed by atoms with E-state index in [4.69, 9.17) is 9.47 Å². The average Bonchev–Trinajstić information content (AvgIpc) is 2.72. The lowest BCUT2D eigenvalue weighted by Crippen LogP contribution is -2.14. The summed E-state index contributed by atoms with van der Waals surface area (Å²) in [4.78, 5) is 19.2. The molecule has 0 aliphatic heterocycles. The maximum absolute atomic E-state index is 12.2. The average molecular weight is 472 g/mol. The van der Waals surface area contributed by atoms with Gasteiger partial charge in [-0.2, -0.15) is 5.26 Å². The summed E-state index contributed by atoms with van der Waals surface area (Å²) in [6.07, 6.45) is 1.80. The van der Waals surface area contributed by atoms with E-state index in [2.05, 4.69) is 25.9 Å². The van der Waals surface area contributed by atoms with Crippen molar-refractivity contribution in [3.63, 3.8) is 0 Å². The summed E-state index contributed by atoms with van der Waals surface area (Å²) in [7, 11) is 0. The largest absolute Gasteiger partial charge is 0.490 e. The first-order valence-electron chi connectivity index (χ1n) is 8.78. The van der Waals surface area contributed by atoms with E-state index < -0.39 is 5.56 Å². The molecule has 0 aliphatic carbocycles. The molecule has 1 N–H and O–H groups in total. The van der Waals surface area contributed by atoms with Gasteiger partial charge in [-0.25, -0.2) is 4.98 Å². The van der Waals surface area contributed by atoms with Crippen LogP contribution >= 0.6 is 27.7 Å². The number of nitrogens with one attached hydrogen (secondary N) is 1. The summed E-state index contributed by atoms with van der Waals surface area (Å²) in [5, 5.41) is 9.85. The lowest BCUT2D eigenvalue weighted by Gasteiger charge is -2.14. The summed E-state index contributed by atoms with van der Waals surface area (Å²) < 4.78 is 12.7. The number of H-pyrrole nitrogens is 1. The first-order chi connectivity index (χ1) is 14.0. The highest BCUT2D eigenvalue weighted by Gasteiger charge is 2.16. The Bertz CT molecular complexity index is 1120. The third-order valence-electron chi connectivity index (χ3n) is 4.00. The molecular weight excluding hydrogens is 454 g/mol. The summed E-state index contributed by atoms with van der Waals surface area (Å²) in [6.45, 7) is 2.70. The first-order valence-corrected chi connectivity index (χ1v) is 10.8. The van der Waals surface area contributed by atoms with Crippen molar-refractivity contribution in [2.75, 3.05) is 12.9 Å². The van der Waals surface area contributed by atoms with Crippen molar-refractivity contribution < 1.29 is 9.47 Å². The molecule has 0 saturated carbocycles. The van der Waals surface area contributed by atoms with Crippen LogP contribution in [-0.4, -0.2) is 22.8 Å². The van der Waals surface area contributed by atoms with Gasteiger partial charge in [-0.1, -0.05) is 39.8 Å². The van der Waals surface area contributed by atoms with Crippen LogP contribution in [0.25, 0.3) is 11.3 Å². The Morgan fingerprint density at radius 3 is 2.72 bits per heavy atom. The number of halogens is 1. The second-order valence-electron chi connectivity index (χ2n) is 5.92. The molecule has 1 heterocycles. The van der Waals surface area contributed by atoms with Gasteiger partial charge in [0, 0.05) is 10.0 Å². The number of nitrogens with zero attached hydrogens (tertiary/aromatic N) is 2. The molecule has 0 atom stereocenters. The molecule has 0 aliphatic rings. The number of aromatic nitrogens is 2. The molecule has 0 fully saturated rings. The topological polar surface area (TPSA) is 88.0 Å². The van der Waals surface area contributed by atoms with E-state index in [1.165, 1.54) is 11.8 Å². The lowest BCUT2D eigenvalue weighted by atomic mass is 10.1. The number of benzene rings is 2. The van der Waals surface area contributed by atoms with Gasteiger partial charge in [-0.05, 0) is 49.1 Å². The van der Waals surface area contributed by atoms with E-state index in [1.807, 2.05) is 37.3 Å². The van der Waals surface area contributed by atoms with Crippen LogP contribution in [0.5, 0.6) is 11.5 Å². The van der Waals surface area contributed by atoms with Crippen LogP contribution in [0, 0.1) is 11.3 Å². The molecular formula is C21H18BrN3O3S. The lowest BCUT2D eigenvalue weighted by molar-refractivity contribution is 0.269. The molecule has 148 valence electrons. The normalized spacial score (nSPS) is 10.4. The van der Waals surface area contributed by atoms with E-state index in [0.717, 1.165) is 10.0 Å². The molecule has 0 bridgehead atoms. The summed E-state index contributed by atoms with van der Waals surface area (Å²) in [5.41, 5.74) is 1.45. The molecule has 0 saturated heterocycles. The van der Waals surface area contributed by atoms with Crippen molar-refractivity contribution in [1.82, 2.24) is 9.97 Å². The van der Waals surface area contributed by atoms with Crippen molar-refractivity contribution in [3.05, 3.63) is 68.4 Å². The summed E-state index contributed by atoms with van der Waals surface area (Å²) >= 11 is 4.75. The molecule has 0 unspecified atom stereocenters. The van der Waals surface area contributed by atoms with Crippen molar-refractivity contribution in [2.45, 2.75) is 18.7 Å². The van der Waals surface area contributed by atoms with Crippen LogP contribution in [0.2, 0.25) is 0 Å². The van der Waals surface area contributed by atoms with Crippen molar-refractivity contribution in [2.24, 2.45) is 0 Å². The Morgan fingerprint density at radius 1 is 1.21 bits per heavy atom. The Balaban J connectivity index is 1.97. The minimum Gasteiger partial charge on any atom is -0.490 e. The summed E-state index contributed by atoms with van der Waals surface area (Å²) in [5.74, 6) is 1.10. The van der Waals surface area contributed by atoms with Gasteiger partial charge in [-0.3, -0.25) is 4.79 Å². The quantitative estimate of drug-likeness (QED) is 0.394. The van der Waals surface area contributed by atoms with E-state index in [9.17, 15) is 10.1 Å². The van der Waals surface area contributed by atoms with E-state index in [0.29, 0.717) is 41.1 Å². The predicted molar refractivity (Wildman–Crippen MR) is 116 cm³/mol. The fourth-order valence-corrected chi connectivity index (χ4v) is 3.52. The fourth-order valence-electron chi connectivity index (χ4n) is 2.69. The second-order valence-corrected chi connectivity index (χ2v) is 7.63. The Kier molecular flexibility index (Phi) is 6.96. The predicted octanol–water partition coefficient (Wildman–Crippen LogP) is 4.77. The maximum Gasteiger partial charge on any atom is 0.270 e. The Morgan fingerprint density at radius 2 is 2.03 bits per heavy atom.